The molecule has 2 aromatic rings. The number of alkyl halides is 1. The fraction of sp³-hybridized carbons (Fsp3) is 0.235. The number of rotatable bonds is 5. The molecule has 22 heavy (non-hydrogen) atoms. The second-order valence-corrected chi connectivity index (χ2v) is 6.20. The Balaban J connectivity index is 2.05. The summed E-state index contributed by atoms with van der Waals surface area (Å²) in [5.74, 6) is 1.36. The van der Waals surface area contributed by atoms with Crippen LogP contribution < -0.4 is 10.1 Å². The van der Waals surface area contributed by atoms with E-state index in [9.17, 15) is 4.79 Å². The standard InChI is InChI=1S/C17H17Cl2NO2/c1-17(2,11-18)16(21)20-12-7-9-13(10-8-12)22-15-6-4-3-5-14(15)19/h3-10H,11H2,1-2H3,(H,20,21). The normalized spacial score (nSPS) is 11.1. The third-order valence-corrected chi connectivity index (χ3v) is 4.11. The largest absolute Gasteiger partial charge is 0.456 e. The molecule has 0 atom stereocenters. The summed E-state index contributed by atoms with van der Waals surface area (Å²) >= 11 is 11.8. The van der Waals surface area contributed by atoms with E-state index < -0.39 is 5.41 Å². The lowest BCUT2D eigenvalue weighted by Crippen LogP contribution is -2.32. The smallest absolute Gasteiger partial charge is 0.231 e. The number of hydrogen-bond donors (Lipinski definition) is 1. The number of amides is 1. The van der Waals surface area contributed by atoms with Crippen LogP contribution in [0.2, 0.25) is 5.02 Å². The summed E-state index contributed by atoms with van der Waals surface area (Å²) in [6, 6.07) is 14.3. The lowest BCUT2D eigenvalue weighted by Gasteiger charge is -2.20. The first-order chi connectivity index (χ1) is 10.4. The maximum atomic E-state index is 12.0. The Hall–Kier alpha value is -1.71. The monoisotopic (exact) mass is 337 g/mol. The van der Waals surface area contributed by atoms with E-state index >= 15 is 0 Å². The van der Waals surface area contributed by atoms with E-state index in [1.54, 1.807) is 50.2 Å². The third-order valence-electron chi connectivity index (χ3n) is 3.13. The molecule has 0 aromatic heterocycles. The predicted molar refractivity (Wildman–Crippen MR) is 91.1 cm³/mol. The molecule has 0 unspecified atom stereocenters. The molecule has 0 radical (unpaired) electrons. The van der Waals surface area contributed by atoms with Gasteiger partial charge < -0.3 is 10.1 Å². The van der Waals surface area contributed by atoms with Crippen LogP contribution >= 0.6 is 23.2 Å². The number of halogens is 2. The summed E-state index contributed by atoms with van der Waals surface area (Å²) < 4.78 is 5.69. The molecule has 5 heteroatoms. The van der Waals surface area contributed by atoms with E-state index in [0.29, 0.717) is 22.2 Å². The molecule has 0 saturated heterocycles. The van der Waals surface area contributed by atoms with E-state index in [4.69, 9.17) is 27.9 Å². The molecule has 0 fully saturated rings. The van der Waals surface area contributed by atoms with Crippen molar-refractivity contribution in [3.05, 3.63) is 53.6 Å². The molecule has 0 aliphatic rings. The number of ether oxygens (including phenoxy) is 1. The van der Waals surface area contributed by atoms with Crippen LogP contribution in [-0.2, 0) is 4.79 Å². The zero-order valence-corrected chi connectivity index (χ0v) is 13.9. The number of benzene rings is 2. The Morgan fingerprint density at radius 1 is 1.14 bits per heavy atom. The van der Waals surface area contributed by atoms with Crippen LogP contribution in [0.1, 0.15) is 13.8 Å². The van der Waals surface area contributed by atoms with E-state index in [0.717, 1.165) is 0 Å². The maximum absolute atomic E-state index is 12.0. The maximum Gasteiger partial charge on any atom is 0.231 e. The Labute approximate surface area is 140 Å². The summed E-state index contributed by atoms with van der Waals surface area (Å²) in [7, 11) is 0. The van der Waals surface area contributed by atoms with Crippen LogP contribution in [0.25, 0.3) is 0 Å². The third kappa shape index (κ3) is 4.15. The highest BCUT2D eigenvalue weighted by Gasteiger charge is 2.26. The number of para-hydroxylation sites is 1. The quantitative estimate of drug-likeness (QED) is 0.748. The zero-order valence-electron chi connectivity index (χ0n) is 12.4. The second-order valence-electron chi connectivity index (χ2n) is 5.53. The van der Waals surface area contributed by atoms with Gasteiger partial charge in [-0.25, -0.2) is 0 Å². The molecule has 116 valence electrons. The van der Waals surface area contributed by atoms with Crippen molar-refractivity contribution in [2.75, 3.05) is 11.2 Å². The van der Waals surface area contributed by atoms with Gasteiger partial charge in [-0.1, -0.05) is 23.7 Å². The van der Waals surface area contributed by atoms with Crippen molar-refractivity contribution >= 4 is 34.8 Å². The van der Waals surface area contributed by atoms with Crippen LogP contribution in [0, 0.1) is 5.41 Å². The number of carbonyl (C=O) groups is 1. The fourth-order valence-electron chi connectivity index (χ4n) is 1.62. The first-order valence-corrected chi connectivity index (χ1v) is 7.73. The van der Waals surface area contributed by atoms with E-state index in [1.165, 1.54) is 0 Å². The van der Waals surface area contributed by atoms with Crippen LogP contribution in [0.15, 0.2) is 48.5 Å². The molecule has 0 saturated carbocycles. The molecular formula is C17H17Cl2NO2. The van der Waals surface area contributed by atoms with Gasteiger partial charge in [-0.2, -0.15) is 0 Å². The van der Waals surface area contributed by atoms with Gasteiger partial charge in [0.15, 0.2) is 0 Å². The van der Waals surface area contributed by atoms with Gasteiger partial charge in [0, 0.05) is 11.6 Å². The van der Waals surface area contributed by atoms with Gasteiger partial charge in [0.2, 0.25) is 5.91 Å². The highest BCUT2D eigenvalue weighted by atomic mass is 35.5. The number of nitrogens with one attached hydrogen (secondary N) is 1. The van der Waals surface area contributed by atoms with Crippen molar-refractivity contribution in [2.45, 2.75) is 13.8 Å². The molecular weight excluding hydrogens is 321 g/mol. The second kappa shape index (κ2) is 7.03. The molecule has 2 aromatic carbocycles. The Morgan fingerprint density at radius 2 is 1.77 bits per heavy atom. The van der Waals surface area contributed by atoms with Gasteiger partial charge in [-0.3, -0.25) is 4.79 Å². The van der Waals surface area contributed by atoms with Gasteiger partial charge in [-0.05, 0) is 50.2 Å². The van der Waals surface area contributed by atoms with Crippen LogP contribution in [0.5, 0.6) is 11.5 Å². The molecule has 0 heterocycles. The average Bonchev–Trinajstić information content (AvgIpc) is 2.51. The van der Waals surface area contributed by atoms with E-state index in [-0.39, 0.29) is 11.8 Å². The summed E-state index contributed by atoms with van der Waals surface area (Å²) in [5, 5.41) is 3.38. The minimum atomic E-state index is -0.617. The molecule has 0 aliphatic heterocycles. The van der Waals surface area contributed by atoms with E-state index in [1.807, 2.05) is 12.1 Å². The van der Waals surface area contributed by atoms with Crippen molar-refractivity contribution in [1.29, 1.82) is 0 Å². The lowest BCUT2D eigenvalue weighted by molar-refractivity contribution is -0.122. The van der Waals surface area contributed by atoms with E-state index in [2.05, 4.69) is 5.32 Å². The Morgan fingerprint density at radius 3 is 2.36 bits per heavy atom. The number of anilines is 1. The van der Waals surface area contributed by atoms with Crippen molar-refractivity contribution in [3.63, 3.8) is 0 Å². The minimum Gasteiger partial charge on any atom is -0.456 e. The molecule has 0 bridgehead atoms. The average molecular weight is 338 g/mol. The van der Waals surface area contributed by atoms with Crippen molar-refractivity contribution in [3.8, 4) is 11.5 Å². The summed E-state index contributed by atoms with van der Waals surface area (Å²) in [5.41, 5.74) is 0.0728. The predicted octanol–water partition coefficient (Wildman–Crippen LogP) is 5.34. The van der Waals surface area contributed by atoms with Crippen LogP contribution in [-0.4, -0.2) is 11.8 Å². The molecule has 0 spiro atoms. The van der Waals surface area contributed by atoms with Crippen molar-refractivity contribution < 1.29 is 9.53 Å². The lowest BCUT2D eigenvalue weighted by atomic mass is 9.95. The highest BCUT2D eigenvalue weighted by molar-refractivity contribution is 6.32. The molecule has 1 amide bonds. The number of carbonyl (C=O) groups excluding carboxylic acids is 1. The number of hydrogen-bond acceptors (Lipinski definition) is 2. The van der Waals surface area contributed by atoms with Crippen LogP contribution in [0.4, 0.5) is 5.69 Å². The molecule has 2 rings (SSSR count). The van der Waals surface area contributed by atoms with Gasteiger partial charge in [0.25, 0.3) is 0 Å². The molecule has 1 N–H and O–H groups in total. The van der Waals surface area contributed by atoms with Gasteiger partial charge in [0.1, 0.15) is 11.5 Å². The van der Waals surface area contributed by atoms with Crippen LogP contribution in [0.3, 0.4) is 0 Å². The fourth-order valence-corrected chi connectivity index (χ4v) is 1.92. The first-order valence-electron chi connectivity index (χ1n) is 6.82. The minimum absolute atomic E-state index is 0.123. The van der Waals surface area contributed by atoms with Gasteiger partial charge >= 0.3 is 0 Å². The van der Waals surface area contributed by atoms with Crippen molar-refractivity contribution in [2.24, 2.45) is 5.41 Å². The first kappa shape index (κ1) is 16.7. The highest BCUT2D eigenvalue weighted by Crippen LogP contribution is 2.29. The van der Waals surface area contributed by atoms with Gasteiger partial charge in [-0.15, -0.1) is 11.6 Å². The van der Waals surface area contributed by atoms with Crippen molar-refractivity contribution in [1.82, 2.24) is 0 Å². The zero-order chi connectivity index (χ0) is 16.2. The molecule has 3 nitrogen and oxygen atoms in total. The SMILES string of the molecule is CC(C)(CCl)C(=O)Nc1ccc(Oc2ccccc2Cl)cc1. The van der Waals surface area contributed by atoms with Gasteiger partial charge in [0.05, 0.1) is 10.4 Å². The Bertz CT molecular complexity index is 654. The topological polar surface area (TPSA) is 38.3 Å². The molecule has 0 aliphatic carbocycles. The Kier molecular flexibility index (Phi) is 5.33. The summed E-state index contributed by atoms with van der Waals surface area (Å²) in [6.45, 7) is 3.59. The summed E-state index contributed by atoms with van der Waals surface area (Å²) in [6.07, 6.45) is 0. The summed E-state index contributed by atoms with van der Waals surface area (Å²) in [4.78, 5) is 12.0.